The second-order valence-electron chi connectivity index (χ2n) is 3.96. The number of carbonyl (C=O) groups excluding carboxylic acids is 1. The largest absolute Gasteiger partial charge is 0.501 e. The van der Waals surface area contributed by atoms with Crippen LogP contribution >= 0.6 is 0 Å². The molecular formula is C10H16O3. The lowest BCUT2D eigenvalue weighted by molar-refractivity contribution is -0.116. The number of hydrogen-bond acceptors (Lipinski definition) is 3. The van der Waals surface area contributed by atoms with Gasteiger partial charge in [0.05, 0.1) is 12.7 Å². The maximum atomic E-state index is 11.1. The quantitative estimate of drug-likeness (QED) is 0.703. The average molecular weight is 184 g/mol. The lowest BCUT2D eigenvalue weighted by Crippen LogP contribution is -2.35. The second kappa shape index (κ2) is 3.50. The number of carbonyl (C=O) groups is 1. The van der Waals surface area contributed by atoms with E-state index in [2.05, 4.69) is 0 Å². The zero-order valence-corrected chi connectivity index (χ0v) is 8.33. The Balaban J connectivity index is 2.88. The van der Waals surface area contributed by atoms with Gasteiger partial charge in [0.1, 0.15) is 5.76 Å². The van der Waals surface area contributed by atoms with E-state index >= 15 is 0 Å². The van der Waals surface area contributed by atoms with Crippen LogP contribution in [0.2, 0.25) is 0 Å². The molecule has 0 saturated carbocycles. The standard InChI is InChI=1S/C10H16O3/c1-10(2,12)8-5-4-7(11)6-9(8)13-3/h6,8,12H,4-5H2,1-3H3/t8-/m0/s1. The maximum absolute atomic E-state index is 11.1. The Morgan fingerprint density at radius 2 is 2.23 bits per heavy atom. The van der Waals surface area contributed by atoms with Crippen molar-refractivity contribution in [2.24, 2.45) is 5.92 Å². The molecule has 1 rings (SSSR count). The van der Waals surface area contributed by atoms with Gasteiger partial charge in [-0.25, -0.2) is 0 Å². The van der Waals surface area contributed by atoms with Crippen LogP contribution in [-0.2, 0) is 9.53 Å². The first-order valence-electron chi connectivity index (χ1n) is 4.46. The summed E-state index contributed by atoms with van der Waals surface area (Å²) >= 11 is 0. The first kappa shape index (κ1) is 10.3. The molecule has 0 fully saturated rings. The third-order valence-corrected chi connectivity index (χ3v) is 2.41. The number of methoxy groups -OCH3 is 1. The molecular weight excluding hydrogens is 168 g/mol. The Bertz CT molecular complexity index is 235. The molecule has 0 aliphatic heterocycles. The van der Waals surface area contributed by atoms with Crippen molar-refractivity contribution in [2.45, 2.75) is 32.3 Å². The van der Waals surface area contributed by atoms with Crippen molar-refractivity contribution < 1.29 is 14.6 Å². The second-order valence-corrected chi connectivity index (χ2v) is 3.96. The van der Waals surface area contributed by atoms with E-state index in [-0.39, 0.29) is 11.7 Å². The highest BCUT2D eigenvalue weighted by molar-refractivity contribution is 5.91. The van der Waals surface area contributed by atoms with E-state index in [0.717, 1.165) is 0 Å². The fourth-order valence-corrected chi connectivity index (χ4v) is 1.66. The molecule has 74 valence electrons. The van der Waals surface area contributed by atoms with Crippen molar-refractivity contribution in [1.82, 2.24) is 0 Å². The van der Waals surface area contributed by atoms with Crippen molar-refractivity contribution in [3.8, 4) is 0 Å². The fraction of sp³-hybridized carbons (Fsp3) is 0.700. The van der Waals surface area contributed by atoms with Crippen molar-refractivity contribution in [2.75, 3.05) is 7.11 Å². The van der Waals surface area contributed by atoms with Gasteiger partial charge in [-0.3, -0.25) is 4.79 Å². The summed E-state index contributed by atoms with van der Waals surface area (Å²) in [4.78, 5) is 11.1. The minimum atomic E-state index is -0.817. The molecule has 0 saturated heterocycles. The third-order valence-electron chi connectivity index (χ3n) is 2.41. The maximum Gasteiger partial charge on any atom is 0.159 e. The minimum Gasteiger partial charge on any atom is -0.501 e. The van der Waals surface area contributed by atoms with E-state index in [0.29, 0.717) is 18.6 Å². The lowest BCUT2D eigenvalue weighted by Gasteiger charge is -2.32. The van der Waals surface area contributed by atoms with Crippen LogP contribution in [0.1, 0.15) is 26.7 Å². The Morgan fingerprint density at radius 3 is 2.69 bits per heavy atom. The van der Waals surface area contributed by atoms with Crippen molar-refractivity contribution >= 4 is 5.78 Å². The molecule has 13 heavy (non-hydrogen) atoms. The molecule has 0 bridgehead atoms. The van der Waals surface area contributed by atoms with Crippen LogP contribution < -0.4 is 0 Å². The van der Waals surface area contributed by atoms with Crippen LogP contribution in [0.3, 0.4) is 0 Å². The van der Waals surface area contributed by atoms with Gasteiger partial charge in [-0.2, -0.15) is 0 Å². The van der Waals surface area contributed by atoms with Gasteiger partial charge in [0, 0.05) is 18.4 Å². The number of allylic oxidation sites excluding steroid dienone is 1. The van der Waals surface area contributed by atoms with Crippen LogP contribution in [0.25, 0.3) is 0 Å². The summed E-state index contributed by atoms with van der Waals surface area (Å²) in [5.74, 6) is 0.622. The predicted molar refractivity (Wildman–Crippen MR) is 49.1 cm³/mol. The first-order chi connectivity index (χ1) is 5.95. The highest BCUT2D eigenvalue weighted by Gasteiger charge is 2.34. The van der Waals surface area contributed by atoms with Crippen LogP contribution in [0.15, 0.2) is 11.8 Å². The van der Waals surface area contributed by atoms with Gasteiger partial charge in [-0.05, 0) is 20.3 Å². The molecule has 3 heteroatoms. The summed E-state index contributed by atoms with van der Waals surface area (Å²) in [6.07, 6.45) is 2.66. The summed E-state index contributed by atoms with van der Waals surface area (Å²) in [7, 11) is 1.53. The lowest BCUT2D eigenvalue weighted by atomic mass is 9.81. The minimum absolute atomic E-state index is 0.0600. The molecule has 3 nitrogen and oxygen atoms in total. The van der Waals surface area contributed by atoms with Crippen LogP contribution in [0, 0.1) is 5.92 Å². The summed E-state index contributed by atoms with van der Waals surface area (Å²) in [6.45, 7) is 3.47. The number of rotatable bonds is 2. The zero-order chi connectivity index (χ0) is 10.1. The summed E-state index contributed by atoms with van der Waals surface area (Å²) < 4.78 is 5.08. The molecule has 1 atom stereocenters. The molecule has 0 aromatic carbocycles. The van der Waals surface area contributed by atoms with Crippen molar-refractivity contribution in [1.29, 1.82) is 0 Å². The van der Waals surface area contributed by atoms with Gasteiger partial charge in [0.2, 0.25) is 0 Å². The highest BCUT2D eigenvalue weighted by Crippen LogP contribution is 2.32. The van der Waals surface area contributed by atoms with Gasteiger partial charge < -0.3 is 9.84 Å². The fourth-order valence-electron chi connectivity index (χ4n) is 1.66. The Morgan fingerprint density at radius 1 is 1.62 bits per heavy atom. The van der Waals surface area contributed by atoms with E-state index in [1.165, 1.54) is 13.2 Å². The number of ketones is 1. The van der Waals surface area contributed by atoms with Gasteiger partial charge in [-0.1, -0.05) is 0 Å². The molecule has 1 aliphatic rings. The number of aliphatic hydroxyl groups is 1. The molecule has 0 spiro atoms. The number of hydrogen-bond donors (Lipinski definition) is 1. The summed E-state index contributed by atoms with van der Waals surface area (Å²) in [6, 6.07) is 0. The van der Waals surface area contributed by atoms with E-state index in [1.54, 1.807) is 13.8 Å². The topological polar surface area (TPSA) is 46.5 Å². The first-order valence-corrected chi connectivity index (χ1v) is 4.46. The molecule has 0 aromatic heterocycles. The third kappa shape index (κ3) is 2.31. The predicted octanol–water partition coefficient (Wildman–Crippen LogP) is 1.27. The van der Waals surface area contributed by atoms with Crippen LogP contribution in [0.4, 0.5) is 0 Å². The smallest absolute Gasteiger partial charge is 0.159 e. The SMILES string of the molecule is COC1=CC(=O)CC[C@@H]1C(C)(C)O. The molecule has 0 radical (unpaired) electrons. The molecule has 0 heterocycles. The molecule has 0 unspecified atom stereocenters. The zero-order valence-electron chi connectivity index (χ0n) is 8.33. The molecule has 0 aromatic rings. The van der Waals surface area contributed by atoms with Crippen molar-refractivity contribution in [3.05, 3.63) is 11.8 Å². The summed E-state index contributed by atoms with van der Waals surface area (Å²) in [5, 5.41) is 9.80. The molecule has 0 amide bonds. The van der Waals surface area contributed by atoms with E-state index < -0.39 is 5.60 Å². The number of ether oxygens (including phenoxy) is 1. The van der Waals surface area contributed by atoms with Crippen LogP contribution in [0.5, 0.6) is 0 Å². The Kier molecular flexibility index (Phi) is 2.76. The van der Waals surface area contributed by atoms with Crippen LogP contribution in [-0.4, -0.2) is 23.6 Å². The van der Waals surface area contributed by atoms with Gasteiger partial charge in [-0.15, -0.1) is 0 Å². The van der Waals surface area contributed by atoms with E-state index in [1.807, 2.05) is 0 Å². The normalized spacial score (nSPS) is 24.2. The summed E-state index contributed by atoms with van der Waals surface area (Å²) in [5.41, 5.74) is -0.817. The average Bonchev–Trinajstić information content (AvgIpc) is 2.01. The monoisotopic (exact) mass is 184 g/mol. The Labute approximate surface area is 78.4 Å². The van der Waals surface area contributed by atoms with E-state index in [4.69, 9.17) is 4.74 Å². The van der Waals surface area contributed by atoms with Crippen molar-refractivity contribution in [3.63, 3.8) is 0 Å². The van der Waals surface area contributed by atoms with Gasteiger partial charge in [0.25, 0.3) is 0 Å². The molecule has 1 aliphatic carbocycles. The Hall–Kier alpha value is -0.830. The van der Waals surface area contributed by atoms with E-state index in [9.17, 15) is 9.90 Å². The van der Waals surface area contributed by atoms with Gasteiger partial charge >= 0.3 is 0 Å². The molecule has 1 N–H and O–H groups in total. The highest BCUT2D eigenvalue weighted by atomic mass is 16.5. The van der Waals surface area contributed by atoms with Gasteiger partial charge in [0.15, 0.2) is 5.78 Å².